The van der Waals surface area contributed by atoms with Crippen LogP contribution in [0, 0.1) is 0 Å². The highest BCUT2D eigenvalue weighted by molar-refractivity contribution is 6.40. The van der Waals surface area contributed by atoms with Crippen LogP contribution in [0.15, 0.2) is 48.5 Å². The fraction of sp³-hybridized carbons (Fsp3) is 0.286. The van der Waals surface area contributed by atoms with E-state index in [-0.39, 0.29) is 23.7 Å². The van der Waals surface area contributed by atoms with Gasteiger partial charge in [-0.05, 0) is 36.6 Å². The minimum atomic E-state index is -0.906. The van der Waals surface area contributed by atoms with Crippen LogP contribution in [0.3, 0.4) is 0 Å². The molecule has 28 heavy (non-hydrogen) atoms. The summed E-state index contributed by atoms with van der Waals surface area (Å²) < 4.78 is 0. The number of anilines is 1. The third kappa shape index (κ3) is 6.21. The highest BCUT2D eigenvalue weighted by atomic mass is 16.3. The number of amides is 3. The Morgan fingerprint density at radius 3 is 2.21 bits per heavy atom. The summed E-state index contributed by atoms with van der Waals surface area (Å²) in [6.07, 6.45) is 0.186. The van der Waals surface area contributed by atoms with Crippen molar-refractivity contribution in [1.82, 2.24) is 10.6 Å². The molecule has 2 aromatic carbocycles. The smallest absolute Gasteiger partial charge is 0.313 e. The van der Waals surface area contributed by atoms with E-state index in [9.17, 15) is 19.5 Å². The molecule has 0 heterocycles. The van der Waals surface area contributed by atoms with E-state index in [2.05, 4.69) is 22.9 Å². The maximum Gasteiger partial charge on any atom is 0.313 e. The maximum absolute atomic E-state index is 12.5. The fourth-order valence-corrected chi connectivity index (χ4v) is 2.46. The predicted octanol–water partition coefficient (Wildman–Crippen LogP) is 1.61. The molecule has 1 atom stereocenters. The fourth-order valence-electron chi connectivity index (χ4n) is 2.46. The summed E-state index contributed by atoms with van der Waals surface area (Å²) in [4.78, 5) is 36.3. The first-order valence-corrected chi connectivity index (χ1v) is 9.13. The molecular formula is C21H25N3O4. The van der Waals surface area contributed by atoms with Crippen LogP contribution < -0.4 is 16.0 Å². The van der Waals surface area contributed by atoms with Gasteiger partial charge in [0.15, 0.2) is 0 Å². The first kappa shape index (κ1) is 21.1. The van der Waals surface area contributed by atoms with Gasteiger partial charge in [0.1, 0.15) is 0 Å². The van der Waals surface area contributed by atoms with Crippen molar-refractivity contribution < 1.29 is 19.5 Å². The lowest BCUT2D eigenvalue weighted by Gasteiger charge is -2.12. The second kappa shape index (κ2) is 10.2. The Kier molecular flexibility index (Phi) is 7.71. The summed E-state index contributed by atoms with van der Waals surface area (Å²) in [5.74, 6) is -2.15. The van der Waals surface area contributed by atoms with Crippen molar-refractivity contribution in [2.24, 2.45) is 0 Å². The van der Waals surface area contributed by atoms with Crippen molar-refractivity contribution in [2.75, 3.05) is 11.9 Å². The summed E-state index contributed by atoms with van der Waals surface area (Å²) in [7, 11) is 0. The van der Waals surface area contributed by atoms with Gasteiger partial charge in [-0.3, -0.25) is 14.4 Å². The summed E-state index contributed by atoms with van der Waals surface area (Å²) in [5, 5.41) is 16.7. The normalized spacial score (nSPS) is 11.4. The van der Waals surface area contributed by atoms with E-state index in [1.807, 2.05) is 24.3 Å². The zero-order valence-corrected chi connectivity index (χ0v) is 16.0. The number of aryl methyl sites for hydroxylation is 1. The van der Waals surface area contributed by atoms with Gasteiger partial charge in [0.2, 0.25) is 0 Å². The second-order valence-corrected chi connectivity index (χ2v) is 6.41. The highest BCUT2D eigenvalue weighted by Gasteiger charge is 2.18. The lowest BCUT2D eigenvalue weighted by atomic mass is 10.1. The zero-order chi connectivity index (χ0) is 20.5. The molecule has 0 bridgehead atoms. The lowest BCUT2D eigenvalue weighted by molar-refractivity contribution is -0.136. The van der Waals surface area contributed by atoms with Gasteiger partial charge in [-0.2, -0.15) is 0 Å². The number of carbonyl (C=O) groups is 3. The van der Waals surface area contributed by atoms with Crippen LogP contribution in [0.2, 0.25) is 0 Å². The number of benzene rings is 2. The van der Waals surface area contributed by atoms with E-state index in [1.54, 1.807) is 24.3 Å². The van der Waals surface area contributed by atoms with Crippen LogP contribution in [0.25, 0.3) is 0 Å². The van der Waals surface area contributed by atoms with Crippen LogP contribution in [-0.2, 0) is 22.6 Å². The molecule has 0 saturated heterocycles. The molecule has 0 unspecified atom stereocenters. The third-order valence-electron chi connectivity index (χ3n) is 4.07. The van der Waals surface area contributed by atoms with Gasteiger partial charge in [-0.15, -0.1) is 0 Å². The molecule has 0 spiro atoms. The van der Waals surface area contributed by atoms with Gasteiger partial charge < -0.3 is 21.1 Å². The van der Waals surface area contributed by atoms with Crippen molar-refractivity contribution in [1.29, 1.82) is 0 Å². The van der Waals surface area contributed by atoms with Gasteiger partial charge >= 0.3 is 11.8 Å². The Morgan fingerprint density at radius 2 is 1.57 bits per heavy atom. The number of aliphatic hydroxyl groups is 1. The average molecular weight is 383 g/mol. The van der Waals surface area contributed by atoms with Crippen molar-refractivity contribution in [3.8, 4) is 0 Å². The first-order valence-electron chi connectivity index (χ1n) is 9.13. The zero-order valence-electron chi connectivity index (χ0n) is 16.0. The van der Waals surface area contributed by atoms with E-state index in [0.717, 1.165) is 12.0 Å². The summed E-state index contributed by atoms with van der Waals surface area (Å²) >= 11 is 0. The van der Waals surface area contributed by atoms with Gasteiger partial charge in [-0.1, -0.05) is 43.3 Å². The van der Waals surface area contributed by atoms with E-state index in [4.69, 9.17) is 0 Å². The largest absolute Gasteiger partial charge is 0.392 e. The topological polar surface area (TPSA) is 108 Å². The lowest BCUT2D eigenvalue weighted by Crippen LogP contribution is -2.39. The molecule has 2 rings (SSSR count). The molecule has 7 heteroatoms. The van der Waals surface area contributed by atoms with Crippen LogP contribution in [0.5, 0.6) is 0 Å². The number of hydrogen-bond donors (Lipinski definition) is 4. The van der Waals surface area contributed by atoms with Crippen LogP contribution in [0.4, 0.5) is 5.69 Å². The van der Waals surface area contributed by atoms with Gasteiger partial charge in [0.25, 0.3) is 5.91 Å². The number of aliphatic hydroxyl groups excluding tert-OH is 1. The monoisotopic (exact) mass is 383 g/mol. The molecule has 0 aliphatic rings. The Hall–Kier alpha value is -3.19. The second-order valence-electron chi connectivity index (χ2n) is 6.41. The Balaban J connectivity index is 2.00. The van der Waals surface area contributed by atoms with Crippen molar-refractivity contribution >= 4 is 23.4 Å². The molecule has 0 aliphatic heterocycles. The number of hydrogen-bond acceptors (Lipinski definition) is 4. The Morgan fingerprint density at radius 1 is 0.929 bits per heavy atom. The maximum atomic E-state index is 12.5. The SMILES string of the molecule is CCc1ccc(CNC(=O)c2ccccc2NC(=O)C(=O)NC[C@@H](C)O)cc1. The number of rotatable bonds is 7. The van der Waals surface area contributed by atoms with Gasteiger partial charge in [0, 0.05) is 13.1 Å². The van der Waals surface area contributed by atoms with Crippen molar-refractivity contribution in [2.45, 2.75) is 32.9 Å². The predicted molar refractivity (Wildman–Crippen MR) is 107 cm³/mol. The molecule has 148 valence electrons. The quantitative estimate of drug-likeness (QED) is 0.545. The van der Waals surface area contributed by atoms with Crippen molar-refractivity contribution in [3.63, 3.8) is 0 Å². The van der Waals surface area contributed by atoms with Gasteiger partial charge in [-0.25, -0.2) is 0 Å². The number of carbonyl (C=O) groups excluding carboxylic acids is 3. The molecule has 4 N–H and O–H groups in total. The molecule has 3 amide bonds. The Bertz CT molecular complexity index is 832. The van der Waals surface area contributed by atoms with Crippen LogP contribution >= 0.6 is 0 Å². The molecule has 0 aliphatic carbocycles. The minimum absolute atomic E-state index is 0.0365. The molecular weight excluding hydrogens is 358 g/mol. The van der Waals surface area contributed by atoms with E-state index < -0.39 is 17.9 Å². The Labute approximate surface area is 164 Å². The molecule has 0 radical (unpaired) electrons. The van der Waals surface area contributed by atoms with Gasteiger partial charge in [0.05, 0.1) is 17.4 Å². The highest BCUT2D eigenvalue weighted by Crippen LogP contribution is 2.15. The summed E-state index contributed by atoms with van der Waals surface area (Å²) in [5.41, 5.74) is 2.67. The van der Waals surface area contributed by atoms with Crippen molar-refractivity contribution in [3.05, 3.63) is 65.2 Å². The first-order chi connectivity index (χ1) is 13.4. The van der Waals surface area contributed by atoms with Crippen LogP contribution in [0.1, 0.15) is 35.3 Å². The molecule has 0 aromatic heterocycles. The molecule has 2 aromatic rings. The number of nitrogens with one attached hydrogen (secondary N) is 3. The van der Waals surface area contributed by atoms with Crippen LogP contribution in [-0.4, -0.2) is 35.5 Å². The molecule has 0 saturated carbocycles. The summed E-state index contributed by atoms with van der Waals surface area (Å²) in [6, 6.07) is 14.4. The minimum Gasteiger partial charge on any atom is -0.392 e. The number of para-hydroxylation sites is 1. The average Bonchev–Trinajstić information content (AvgIpc) is 2.70. The molecule has 7 nitrogen and oxygen atoms in total. The van der Waals surface area contributed by atoms with E-state index in [1.165, 1.54) is 12.5 Å². The molecule has 0 fully saturated rings. The standard InChI is InChI=1S/C21H25N3O4/c1-3-15-8-10-16(11-9-15)13-23-19(26)17-6-4-5-7-18(17)24-21(28)20(27)22-12-14(2)25/h4-11,14,25H,3,12-13H2,1-2H3,(H,22,27)(H,23,26)(H,24,28)/t14-/m1/s1. The summed E-state index contributed by atoms with van der Waals surface area (Å²) in [6.45, 7) is 3.88. The van der Waals surface area contributed by atoms with E-state index >= 15 is 0 Å². The van der Waals surface area contributed by atoms with E-state index in [0.29, 0.717) is 6.54 Å². The third-order valence-corrected chi connectivity index (χ3v) is 4.07.